The van der Waals surface area contributed by atoms with Crippen molar-refractivity contribution < 1.29 is 13.2 Å². The van der Waals surface area contributed by atoms with Gasteiger partial charge in [0.05, 0.1) is 6.10 Å². The van der Waals surface area contributed by atoms with Gasteiger partial charge in [0.15, 0.2) is 0 Å². The van der Waals surface area contributed by atoms with Gasteiger partial charge in [0.1, 0.15) is 0 Å². The zero-order chi connectivity index (χ0) is 13.9. The maximum absolute atomic E-state index is 12.3. The summed E-state index contributed by atoms with van der Waals surface area (Å²) in [5.41, 5.74) is 5.62. The van der Waals surface area contributed by atoms with Gasteiger partial charge in [-0.1, -0.05) is 0 Å². The third-order valence-electron chi connectivity index (χ3n) is 4.10. The second kappa shape index (κ2) is 6.49. The summed E-state index contributed by atoms with van der Waals surface area (Å²) in [5.74, 6) is 0.460. The average molecular weight is 291 g/mol. The van der Waals surface area contributed by atoms with E-state index in [2.05, 4.69) is 4.72 Å². The van der Waals surface area contributed by atoms with Gasteiger partial charge in [0.2, 0.25) is 0 Å². The molecule has 0 saturated carbocycles. The highest BCUT2D eigenvalue weighted by atomic mass is 32.2. The molecule has 2 rings (SSSR count). The Morgan fingerprint density at radius 2 is 2.05 bits per heavy atom. The summed E-state index contributed by atoms with van der Waals surface area (Å²) in [5, 5.41) is 0. The highest BCUT2D eigenvalue weighted by molar-refractivity contribution is 7.87. The van der Waals surface area contributed by atoms with Gasteiger partial charge >= 0.3 is 0 Å². The zero-order valence-corrected chi connectivity index (χ0v) is 12.4. The minimum absolute atomic E-state index is 0.0105. The maximum Gasteiger partial charge on any atom is 0.279 e. The van der Waals surface area contributed by atoms with Crippen LogP contribution in [-0.2, 0) is 14.9 Å². The third kappa shape index (κ3) is 3.88. The Bertz CT molecular complexity index is 374. The summed E-state index contributed by atoms with van der Waals surface area (Å²) in [7, 11) is -3.39. The largest absolute Gasteiger partial charge is 0.377 e. The molecule has 0 aromatic heterocycles. The summed E-state index contributed by atoms with van der Waals surface area (Å²) < 4.78 is 34.3. The predicted octanol–water partition coefficient (Wildman–Crippen LogP) is 0.0590. The number of nitrogens with two attached hydrogens (primary N) is 1. The highest BCUT2D eigenvalue weighted by Gasteiger charge is 2.31. The first-order valence-electron chi connectivity index (χ1n) is 7.12. The van der Waals surface area contributed by atoms with Crippen LogP contribution in [0.3, 0.4) is 0 Å². The van der Waals surface area contributed by atoms with Gasteiger partial charge in [-0.15, -0.1) is 0 Å². The first-order chi connectivity index (χ1) is 9.03. The van der Waals surface area contributed by atoms with Crippen LogP contribution >= 0.6 is 0 Å². The molecule has 2 fully saturated rings. The van der Waals surface area contributed by atoms with Gasteiger partial charge in [-0.3, -0.25) is 0 Å². The van der Waals surface area contributed by atoms with Crippen LogP contribution in [0.1, 0.15) is 32.6 Å². The molecule has 7 heteroatoms. The molecule has 19 heavy (non-hydrogen) atoms. The monoisotopic (exact) mass is 291 g/mol. The first kappa shape index (κ1) is 15.2. The van der Waals surface area contributed by atoms with E-state index in [9.17, 15) is 8.42 Å². The maximum atomic E-state index is 12.3. The third-order valence-corrected chi connectivity index (χ3v) is 5.82. The lowest BCUT2D eigenvalue weighted by Gasteiger charge is -2.32. The highest BCUT2D eigenvalue weighted by Crippen LogP contribution is 2.20. The van der Waals surface area contributed by atoms with Crippen LogP contribution in [-0.4, -0.2) is 51.1 Å². The molecule has 0 aromatic rings. The number of piperidine rings is 1. The average Bonchev–Trinajstić information content (AvgIpc) is 2.92. The minimum atomic E-state index is -3.39. The van der Waals surface area contributed by atoms with E-state index in [0.717, 1.165) is 32.3 Å². The van der Waals surface area contributed by atoms with Crippen molar-refractivity contribution in [1.82, 2.24) is 9.03 Å². The van der Waals surface area contributed by atoms with Crippen molar-refractivity contribution in [2.24, 2.45) is 11.7 Å². The number of hydrogen-bond donors (Lipinski definition) is 2. The van der Waals surface area contributed by atoms with Crippen molar-refractivity contribution in [1.29, 1.82) is 0 Å². The molecular formula is C12H25N3O3S. The number of rotatable bonds is 5. The predicted molar refractivity (Wildman–Crippen MR) is 73.8 cm³/mol. The minimum Gasteiger partial charge on any atom is -0.377 e. The molecular weight excluding hydrogens is 266 g/mol. The lowest BCUT2D eigenvalue weighted by Crippen LogP contribution is -2.50. The molecule has 2 heterocycles. The van der Waals surface area contributed by atoms with Crippen molar-refractivity contribution in [3.8, 4) is 0 Å². The van der Waals surface area contributed by atoms with E-state index >= 15 is 0 Å². The normalized spacial score (nSPS) is 28.6. The fourth-order valence-corrected chi connectivity index (χ4v) is 4.23. The number of hydrogen-bond acceptors (Lipinski definition) is 4. The number of nitrogens with zero attached hydrogens (tertiary/aromatic N) is 1. The fraction of sp³-hybridized carbons (Fsp3) is 1.00. The Balaban J connectivity index is 1.87. The quantitative estimate of drug-likeness (QED) is 0.750. The van der Waals surface area contributed by atoms with Gasteiger partial charge < -0.3 is 10.5 Å². The Morgan fingerprint density at radius 1 is 1.37 bits per heavy atom. The Morgan fingerprint density at radius 3 is 2.58 bits per heavy atom. The van der Waals surface area contributed by atoms with Crippen molar-refractivity contribution in [3.05, 3.63) is 0 Å². The van der Waals surface area contributed by atoms with Gasteiger partial charge in [-0.05, 0) is 45.1 Å². The Hall–Kier alpha value is -0.210. The molecule has 6 nitrogen and oxygen atoms in total. The molecule has 0 bridgehead atoms. The van der Waals surface area contributed by atoms with E-state index < -0.39 is 10.2 Å². The smallest absolute Gasteiger partial charge is 0.279 e. The standard InChI is InChI=1S/C12H25N3O3S/c1-10(12-3-2-8-18-12)14-19(16,17)15-6-4-11(9-13)5-7-15/h10-12,14H,2-9,13H2,1H3. The second-order valence-corrected chi connectivity index (χ2v) is 7.24. The summed E-state index contributed by atoms with van der Waals surface area (Å²) in [6, 6.07) is -0.167. The van der Waals surface area contributed by atoms with Crippen molar-refractivity contribution in [2.45, 2.75) is 44.8 Å². The summed E-state index contributed by atoms with van der Waals surface area (Å²) >= 11 is 0. The van der Waals surface area contributed by atoms with E-state index in [4.69, 9.17) is 10.5 Å². The molecule has 2 unspecified atom stereocenters. The Kier molecular flexibility index (Phi) is 5.19. The van der Waals surface area contributed by atoms with E-state index in [0.29, 0.717) is 25.6 Å². The van der Waals surface area contributed by atoms with E-state index in [-0.39, 0.29) is 12.1 Å². The molecule has 2 saturated heterocycles. The van der Waals surface area contributed by atoms with Crippen molar-refractivity contribution in [2.75, 3.05) is 26.2 Å². The lowest BCUT2D eigenvalue weighted by atomic mass is 9.99. The fourth-order valence-electron chi connectivity index (χ4n) is 2.77. The van der Waals surface area contributed by atoms with E-state index in [1.165, 1.54) is 4.31 Å². The summed E-state index contributed by atoms with van der Waals surface area (Å²) in [6.07, 6.45) is 3.66. The second-order valence-electron chi connectivity index (χ2n) is 5.54. The van der Waals surface area contributed by atoms with E-state index in [1.807, 2.05) is 6.92 Å². The molecule has 3 N–H and O–H groups in total. The molecule has 0 amide bonds. The molecule has 2 aliphatic heterocycles. The van der Waals surface area contributed by atoms with Gasteiger partial charge in [0, 0.05) is 25.7 Å². The zero-order valence-electron chi connectivity index (χ0n) is 11.5. The topological polar surface area (TPSA) is 84.7 Å². The first-order valence-corrected chi connectivity index (χ1v) is 8.56. The van der Waals surface area contributed by atoms with Crippen LogP contribution in [0.15, 0.2) is 0 Å². The van der Waals surface area contributed by atoms with Crippen LogP contribution < -0.4 is 10.5 Å². The van der Waals surface area contributed by atoms with E-state index in [1.54, 1.807) is 0 Å². The summed E-state index contributed by atoms with van der Waals surface area (Å²) in [6.45, 7) is 4.39. The molecule has 0 radical (unpaired) electrons. The van der Waals surface area contributed by atoms with Gasteiger partial charge in [-0.2, -0.15) is 17.4 Å². The lowest BCUT2D eigenvalue weighted by molar-refractivity contribution is 0.0894. The molecule has 0 aromatic carbocycles. The number of ether oxygens (including phenoxy) is 1. The van der Waals surface area contributed by atoms with Crippen LogP contribution in [0, 0.1) is 5.92 Å². The van der Waals surface area contributed by atoms with Crippen LogP contribution in [0.25, 0.3) is 0 Å². The van der Waals surface area contributed by atoms with Crippen molar-refractivity contribution >= 4 is 10.2 Å². The molecule has 0 aliphatic carbocycles. The Labute approximate surface area is 115 Å². The number of nitrogens with one attached hydrogen (secondary N) is 1. The van der Waals surface area contributed by atoms with Crippen LogP contribution in [0.5, 0.6) is 0 Å². The molecule has 112 valence electrons. The molecule has 0 spiro atoms. The van der Waals surface area contributed by atoms with Crippen molar-refractivity contribution in [3.63, 3.8) is 0 Å². The van der Waals surface area contributed by atoms with Gasteiger partial charge in [-0.25, -0.2) is 0 Å². The summed E-state index contributed by atoms with van der Waals surface area (Å²) in [4.78, 5) is 0. The molecule has 2 aliphatic rings. The SMILES string of the molecule is CC(NS(=O)(=O)N1CCC(CN)CC1)C1CCCO1. The van der Waals surface area contributed by atoms with Crippen LogP contribution in [0.4, 0.5) is 0 Å². The van der Waals surface area contributed by atoms with Crippen LogP contribution in [0.2, 0.25) is 0 Å². The molecule has 2 atom stereocenters. The van der Waals surface area contributed by atoms with Gasteiger partial charge in [0.25, 0.3) is 10.2 Å².